The number of allylic oxidation sites excluding steroid dienone is 4. The van der Waals surface area contributed by atoms with Crippen molar-refractivity contribution in [2.45, 2.75) is 38.5 Å². The largest absolute Gasteiger partial charge is 0.347 e. The fourth-order valence-corrected chi connectivity index (χ4v) is 8.13. The van der Waals surface area contributed by atoms with Crippen molar-refractivity contribution in [1.82, 2.24) is 5.32 Å². The first kappa shape index (κ1) is 29.6. The molecule has 216 valence electrons. The highest BCUT2D eigenvalue weighted by Crippen LogP contribution is 2.47. The number of rotatable bonds is 7. The minimum Gasteiger partial charge on any atom is -0.347 e. The van der Waals surface area contributed by atoms with Crippen molar-refractivity contribution in [3.05, 3.63) is 106 Å². The number of quaternary nitrogens is 1. The van der Waals surface area contributed by atoms with E-state index >= 15 is 0 Å². The van der Waals surface area contributed by atoms with Gasteiger partial charge in [0.2, 0.25) is 5.69 Å². The summed E-state index contributed by atoms with van der Waals surface area (Å²) in [5.74, 6) is 1.05. The average molecular weight is 569 g/mol. The van der Waals surface area contributed by atoms with Crippen molar-refractivity contribution in [3.8, 4) is 0 Å². The Labute approximate surface area is 252 Å². The lowest BCUT2D eigenvalue weighted by Gasteiger charge is -2.37. The second kappa shape index (κ2) is 11.1. The molecule has 4 nitrogen and oxygen atoms in total. The molecule has 3 aliphatic heterocycles. The Bertz CT molecular complexity index is 1500. The third-order valence-corrected chi connectivity index (χ3v) is 10.4. The van der Waals surface area contributed by atoms with E-state index in [9.17, 15) is 0 Å². The van der Waals surface area contributed by atoms with Gasteiger partial charge in [-0.2, -0.15) is 4.58 Å². The molecule has 0 aromatic heterocycles. The van der Waals surface area contributed by atoms with Crippen LogP contribution in [0.2, 0.25) is 0 Å². The minimum atomic E-state index is -0.0301. The lowest BCUT2D eigenvalue weighted by Crippen LogP contribution is -2.45. The molecular formula is C36H48N4S+2. The van der Waals surface area contributed by atoms with Gasteiger partial charge in [-0.05, 0) is 44.7 Å². The number of likely N-dealkylation sites (N-methyl/N-ethyl adjacent to an activating group) is 2. The number of anilines is 1. The van der Waals surface area contributed by atoms with Crippen molar-refractivity contribution in [3.63, 3.8) is 0 Å². The smallest absolute Gasteiger partial charge is 0.209 e. The second-order valence-corrected chi connectivity index (χ2v) is 14.5. The highest BCUT2D eigenvalue weighted by molar-refractivity contribution is 8.03. The van der Waals surface area contributed by atoms with E-state index in [1.54, 1.807) is 0 Å². The van der Waals surface area contributed by atoms with Gasteiger partial charge in [0.25, 0.3) is 0 Å². The molecule has 0 saturated heterocycles. The lowest BCUT2D eigenvalue weighted by atomic mass is 9.81. The molecule has 0 fully saturated rings. The summed E-state index contributed by atoms with van der Waals surface area (Å²) in [6.07, 6.45) is 9.62. The van der Waals surface area contributed by atoms with Gasteiger partial charge in [-0.25, -0.2) is 0 Å². The van der Waals surface area contributed by atoms with Crippen molar-refractivity contribution in [1.29, 1.82) is 0 Å². The maximum atomic E-state index is 3.35. The average Bonchev–Trinajstić information content (AvgIpc) is 3.24. The highest BCUT2D eigenvalue weighted by Gasteiger charge is 2.43. The molecule has 0 radical (unpaired) electrons. The van der Waals surface area contributed by atoms with Crippen LogP contribution in [0.25, 0.3) is 0 Å². The molecule has 0 saturated carbocycles. The minimum absolute atomic E-state index is 0.0301. The van der Waals surface area contributed by atoms with Crippen molar-refractivity contribution >= 4 is 28.8 Å². The highest BCUT2D eigenvalue weighted by atomic mass is 32.2. The number of nitrogens with zero attached hydrogens (tertiary/aromatic N) is 3. The molecule has 2 aromatic carbocycles. The summed E-state index contributed by atoms with van der Waals surface area (Å²) in [4.78, 5) is 3.82. The van der Waals surface area contributed by atoms with Gasteiger partial charge in [-0.1, -0.05) is 56.3 Å². The Morgan fingerprint density at radius 3 is 2.29 bits per heavy atom. The summed E-state index contributed by atoms with van der Waals surface area (Å²) in [6.45, 7) is 12.4. The van der Waals surface area contributed by atoms with Crippen molar-refractivity contribution in [2.24, 2.45) is 0 Å². The zero-order chi connectivity index (χ0) is 29.6. The molecule has 2 aromatic rings. The SMILES string of the molecule is CNCCSC1=C(/C=C/C2=[N+](C)c3ccccc3C2(C)C)C[N+](C)(C)C/C1=C\C=C1\N(C)c2ccccc2C1(C)C. The van der Waals surface area contributed by atoms with Crippen molar-refractivity contribution < 1.29 is 9.06 Å². The Morgan fingerprint density at radius 1 is 0.927 bits per heavy atom. The van der Waals surface area contributed by atoms with Crippen LogP contribution in [-0.2, 0) is 10.8 Å². The third kappa shape index (κ3) is 5.40. The predicted octanol–water partition coefficient (Wildman–Crippen LogP) is 6.78. The van der Waals surface area contributed by atoms with Crippen LogP contribution in [0.1, 0.15) is 38.8 Å². The predicted molar refractivity (Wildman–Crippen MR) is 179 cm³/mol. The van der Waals surface area contributed by atoms with Crippen LogP contribution in [0.15, 0.2) is 94.6 Å². The zero-order valence-corrected chi connectivity index (χ0v) is 27.3. The molecule has 41 heavy (non-hydrogen) atoms. The van der Waals surface area contributed by atoms with E-state index in [2.05, 4.69) is 144 Å². The summed E-state index contributed by atoms with van der Waals surface area (Å²) in [7, 11) is 11.2. The molecule has 5 heteroatoms. The van der Waals surface area contributed by atoms with E-state index in [1.165, 1.54) is 50.0 Å². The molecule has 0 bridgehead atoms. The molecule has 0 amide bonds. The Morgan fingerprint density at radius 2 is 1.61 bits per heavy atom. The molecule has 1 N–H and O–H groups in total. The summed E-state index contributed by atoms with van der Waals surface area (Å²) >= 11 is 2.00. The van der Waals surface area contributed by atoms with Crippen LogP contribution >= 0.6 is 11.8 Å². The number of fused-ring (bicyclic) bond motifs is 2. The number of hydrogen-bond donors (Lipinski definition) is 1. The normalized spacial score (nSPS) is 22.8. The van der Waals surface area contributed by atoms with Crippen LogP contribution < -0.4 is 10.2 Å². The maximum absolute atomic E-state index is 3.35. The summed E-state index contributed by atoms with van der Waals surface area (Å²) < 4.78 is 3.32. The fraction of sp³-hybridized carbons (Fsp3) is 0.417. The van der Waals surface area contributed by atoms with Crippen LogP contribution in [-0.4, -0.2) is 75.4 Å². The lowest BCUT2D eigenvalue weighted by molar-refractivity contribution is -0.881. The number of hydrogen-bond acceptors (Lipinski definition) is 3. The van der Waals surface area contributed by atoms with Crippen LogP contribution in [0.5, 0.6) is 0 Å². The van der Waals surface area contributed by atoms with Crippen LogP contribution in [0.4, 0.5) is 11.4 Å². The molecule has 0 atom stereocenters. The van der Waals surface area contributed by atoms with Gasteiger partial charge >= 0.3 is 0 Å². The second-order valence-electron chi connectivity index (χ2n) is 13.4. The monoisotopic (exact) mass is 568 g/mol. The van der Waals surface area contributed by atoms with Crippen molar-refractivity contribution in [2.75, 3.05) is 65.5 Å². The van der Waals surface area contributed by atoms with E-state index in [1.807, 2.05) is 18.8 Å². The number of thioether (sulfide) groups is 1. The fourth-order valence-electron chi connectivity index (χ4n) is 6.99. The molecule has 5 rings (SSSR count). The van der Waals surface area contributed by atoms with E-state index in [0.29, 0.717) is 0 Å². The quantitative estimate of drug-likeness (QED) is 0.226. The summed E-state index contributed by atoms with van der Waals surface area (Å²) in [5.41, 5.74) is 10.9. The zero-order valence-electron chi connectivity index (χ0n) is 26.5. The van der Waals surface area contributed by atoms with E-state index < -0.39 is 0 Å². The Hall–Kier alpha value is -2.86. The molecule has 3 aliphatic rings. The maximum Gasteiger partial charge on any atom is 0.209 e. The van der Waals surface area contributed by atoms with Gasteiger partial charge in [0, 0.05) is 69.9 Å². The first-order valence-electron chi connectivity index (χ1n) is 14.8. The topological polar surface area (TPSA) is 18.3 Å². The van der Waals surface area contributed by atoms with Gasteiger partial charge in [0.1, 0.15) is 20.1 Å². The number of nitrogens with one attached hydrogen (secondary N) is 1. The molecular weight excluding hydrogens is 520 g/mol. The first-order chi connectivity index (χ1) is 19.4. The summed E-state index contributed by atoms with van der Waals surface area (Å²) in [6, 6.07) is 17.6. The summed E-state index contributed by atoms with van der Waals surface area (Å²) in [5, 5.41) is 3.35. The van der Waals surface area contributed by atoms with Gasteiger partial charge in [-0.15, -0.1) is 11.8 Å². The molecule has 3 heterocycles. The van der Waals surface area contributed by atoms with Crippen LogP contribution in [0.3, 0.4) is 0 Å². The van der Waals surface area contributed by atoms with Gasteiger partial charge in [0.05, 0.1) is 19.5 Å². The number of benzene rings is 2. The van der Waals surface area contributed by atoms with Crippen LogP contribution in [0, 0.1) is 0 Å². The van der Waals surface area contributed by atoms with Gasteiger partial charge in [0.15, 0.2) is 5.71 Å². The number of para-hydroxylation sites is 2. The molecule has 0 unspecified atom stereocenters. The Kier molecular flexibility index (Phi) is 8.01. The first-order valence-corrected chi connectivity index (χ1v) is 15.8. The van der Waals surface area contributed by atoms with Gasteiger partial charge < -0.3 is 14.7 Å². The molecule has 0 aliphatic carbocycles. The van der Waals surface area contributed by atoms with E-state index in [-0.39, 0.29) is 10.8 Å². The van der Waals surface area contributed by atoms with E-state index in [0.717, 1.165) is 29.9 Å². The Balaban J connectivity index is 1.57. The van der Waals surface area contributed by atoms with E-state index in [4.69, 9.17) is 0 Å². The molecule has 0 spiro atoms. The van der Waals surface area contributed by atoms with Gasteiger partial charge in [-0.3, -0.25) is 0 Å². The third-order valence-electron chi connectivity index (χ3n) is 9.14. The standard InChI is InChI=1S/C36H48N4S/c1-35(2)28-14-10-12-16-30(28)38(6)32(35)20-18-26-24-40(8,9)25-27(34(26)41-23-22-37-5)19-21-33-36(3,4)29-15-11-13-17-31(29)39(33)7/h10-21,37H,22-25H2,1-9H3/q+2.